The van der Waals surface area contributed by atoms with Crippen LogP contribution >= 0.6 is 0 Å². The first kappa shape index (κ1) is 6.09. The highest BCUT2D eigenvalue weighted by atomic mass is 14.9. The Kier molecular flexibility index (Phi) is 2.34. The highest BCUT2D eigenvalue weighted by molar-refractivity contribution is 4.73. The maximum atomic E-state index is 3.74. The van der Waals surface area contributed by atoms with Gasteiger partial charge in [-0.2, -0.15) is 0 Å². The molecular formula is C7H14N. The minimum Gasteiger partial charge on any atom is -0.314 e. The van der Waals surface area contributed by atoms with Crippen LogP contribution in [0.3, 0.4) is 0 Å². The lowest BCUT2D eigenvalue weighted by atomic mass is 10.2. The van der Waals surface area contributed by atoms with E-state index in [1.807, 2.05) is 0 Å². The Hall–Kier alpha value is -0.0400. The first-order chi connectivity index (χ1) is 3.93. The van der Waals surface area contributed by atoms with Crippen molar-refractivity contribution in [2.75, 3.05) is 6.54 Å². The van der Waals surface area contributed by atoms with Gasteiger partial charge in [0, 0.05) is 6.04 Å². The van der Waals surface area contributed by atoms with Crippen LogP contribution in [0.1, 0.15) is 25.7 Å². The molecule has 1 rings (SSSR count). The lowest BCUT2D eigenvalue weighted by molar-refractivity contribution is 0.556. The Balaban J connectivity index is 2.06. The van der Waals surface area contributed by atoms with Crippen molar-refractivity contribution in [3.8, 4) is 0 Å². The van der Waals surface area contributed by atoms with Gasteiger partial charge in [0.2, 0.25) is 0 Å². The summed E-state index contributed by atoms with van der Waals surface area (Å²) in [6, 6.07) is 0.799. The molecule has 1 nitrogen and oxygen atoms in total. The molecule has 0 bridgehead atoms. The van der Waals surface area contributed by atoms with Gasteiger partial charge in [0.25, 0.3) is 0 Å². The van der Waals surface area contributed by atoms with Crippen LogP contribution in [0, 0.1) is 6.92 Å². The first-order valence-corrected chi connectivity index (χ1v) is 3.46. The summed E-state index contributed by atoms with van der Waals surface area (Å²) in [6.07, 6.45) is 5.57. The largest absolute Gasteiger partial charge is 0.314 e. The molecule has 0 aromatic rings. The number of nitrogens with one attached hydrogen (secondary N) is 1. The zero-order chi connectivity index (χ0) is 5.82. The summed E-state index contributed by atoms with van der Waals surface area (Å²) in [4.78, 5) is 0. The van der Waals surface area contributed by atoms with Gasteiger partial charge in [0.1, 0.15) is 0 Å². The lowest BCUT2D eigenvalue weighted by Gasteiger charge is -2.07. The molecule has 0 aromatic heterocycles. The van der Waals surface area contributed by atoms with Crippen LogP contribution in [0.5, 0.6) is 0 Å². The third-order valence-corrected chi connectivity index (χ3v) is 1.79. The molecule has 1 radical (unpaired) electrons. The van der Waals surface area contributed by atoms with E-state index in [4.69, 9.17) is 0 Å². The summed E-state index contributed by atoms with van der Waals surface area (Å²) < 4.78 is 0. The quantitative estimate of drug-likeness (QED) is 0.568. The molecule has 0 aromatic carbocycles. The molecule has 0 unspecified atom stereocenters. The fourth-order valence-electron chi connectivity index (χ4n) is 1.33. The standard InChI is InChI=1S/C7H14N/c1-2-8-7-5-3-4-6-7/h7-8H,1-6H2. The van der Waals surface area contributed by atoms with Gasteiger partial charge in [-0.05, 0) is 26.3 Å². The average molecular weight is 112 g/mol. The smallest absolute Gasteiger partial charge is 0.00670 e. The molecule has 8 heavy (non-hydrogen) atoms. The predicted octanol–water partition coefficient (Wildman–Crippen LogP) is 1.35. The fourth-order valence-corrected chi connectivity index (χ4v) is 1.33. The van der Waals surface area contributed by atoms with Crippen LogP contribution in [0.15, 0.2) is 0 Å². The van der Waals surface area contributed by atoms with E-state index in [0.29, 0.717) is 0 Å². The van der Waals surface area contributed by atoms with Gasteiger partial charge >= 0.3 is 0 Å². The van der Waals surface area contributed by atoms with Gasteiger partial charge in [0.15, 0.2) is 0 Å². The van der Waals surface area contributed by atoms with Crippen molar-refractivity contribution in [1.82, 2.24) is 5.32 Å². The van der Waals surface area contributed by atoms with Crippen LogP contribution in [0.2, 0.25) is 0 Å². The monoisotopic (exact) mass is 112 g/mol. The number of rotatable bonds is 2. The van der Waals surface area contributed by atoms with E-state index in [0.717, 1.165) is 12.6 Å². The van der Waals surface area contributed by atoms with Crippen molar-refractivity contribution >= 4 is 0 Å². The second-order valence-electron chi connectivity index (χ2n) is 2.44. The maximum absolute atomic E-state index is 3.74. The molecule has 0 aliphatic heterocycles. The van der Waals surface area contributed by atoms with Gasteiger partial charge in [-0.15, -0.1) is 0 Å². The summed E-state index contributed by atoms with van der Waals surface area (Å²) in [5, 5.41) is 3.33. The van der Waals surface area contributed by atoms with Crippen LogP contribution in [0.25, 0.3) is 0 Å². The van der Waals surface area contributed by atoms with E-state index in [1.165, 1.54) is 25.7 Å². The normalized spacial score (nSPS) is 22.1. The Morgan fingerprint density at radius 2 is 2.00 bits per heavy atom. The summed E-state index contributed by atoms with van der Waals surface area (Å²) in [5.41, 5.74) is 0. The average Bonchev–Trinajstić information content (AvgIpc) is 2.19. The van der Waals surface area contributed by atoms with Crippen LogP contribution in [0.4, 0.5) is 0 Å². The number of hydrogen-bond donors (Lipinski definition) is 1. The Bertz CT molecular complexity index is 55.4. The second kappa shape index (κ2) is 3.08. The molecule has 0 saturated heterocycles. The molecule has 1 aliphatic carbocycles. The first-order valence-electron chi connectivity index (χ1n) is 3.46. The summed E-state index contributed by atoms with van der Waals surface area (Å²) in [6.45, 7) is 4.63. The van der Waals surface area contributed by atoms with E-state index in [1.54, 1.807) is 0 Å². The Morgan fingerprint density at radius 3 is 2.50 bits per heavy atom. The third-order valence-electron chi connectivity index (χ3n) is 1.79. The van der Waals surface area contributed by atoms with Crippen molar-refractivity contribution in [1.29, 1.82) is 0 Å². The van der Waals surface area contributed by atoms with Crippen molar-refractivity contribution in [3.05, 3.63) is 6.92 Å². The molecule has 47 valence electrons. The minimum atomic E-state index is 0.799. The second-order valence-corrected chi connectivity index (χ2v) is 2.44. The van der Waals surface area contributed by atoms with Crippen LogP contribution in [-0.2, 0) is 0 Å². The van der Waals surface area contributed by atoms with Gasteiger partial charge < -0.3 is 5.32 Å². The fraction of sp³-hybridized carbons (Fsp3) is 0.857. The van der Waals surface area contributed by atoms with Crippen molar-refractivity contribution < 1.29 is 0 Å². The van der Waals surface area contributed by atoms with Crippen molar-refractivity contribution in [2.45, 2.75) is 31.7 Å². The molecule has 0 spiro atoms. The van der Waals surface area contributed by atoms with Crippen LogP contribution < -0.4 is 5.32 Å². The summed E-state index contributed by atoms with van der Waals surface area (Å²) >= 11 is 0. The Morgan fingerprint density at radius 1 is 1.38 bits per heavy atom. The molecule has 0 amide bonds. The zero-order valence-electron chi connectivity index (χ0n) is 5.32. The van der Waals surface area contributed by atoms with E-state index in [-0.39, 0.29) is 0 Å². The molecule has 1 heteroatoms. The highest BCUT2D eigenvalue weighted by Crippen LogP contribution is 2.16. The van der Waals surface area contributed by atoms with E-state index in [2.05, 4.69) is 12.2 Å². The highest BCUT2D eigenvalue weighted by Gasteiger charge is 2.11. The lowest BCUT2D eigenvalue weighted by Crippen LogP contribution is -2.25. The topological polar surface area (TPSA) is 12.0 Å². The molecule has 1 fully saturated rings. The van der Waals surface area contributed by atoms with Crippen LogP contribution in [-0.4, -0.2) is 12.6 Å². The summed E-state index contributed by atoms with van der Waals surface area (Å²) in [5.74, 6) is 0. The SMILES string of the molecule is [CH2]CNC1CCCC1. The molecule has 1 saturated carbocycles. The van der Waals surface area contributed by atoms with Crippen molar-refractivity contribution in [3.63, 3.8) is 0 Å². The van der Waals surface area contributed by atoms with E-state index >= 15 is 0 Å². The van der Waals surface area contributed by atoms with Gasteiger partial charge in [0.05, 0.1) is 0 Å². The number of hydrogen-bond acceptors (Lipinski definition) is 1. The van der Waals surface area contributed by atoms with E-state index < -0.39 is 0 Å². The van der Waals surface area contributed by atoms with Gasteiger partial charge in [-0.1, -0.05) is 12.8 Å². The summed E-state index contributed by atoms with van der Waals surface area (Å²) in [7, 11) is 0. The molecule has 0 heterocycles. The van der Waals surface area contributed by atoms with Gasteiger partial charge in [-0.3, -0.25) is 0 Å². The Labute approximate surface area is 51.5 Å². The minimum absolute atomic E-state index is 0.799. The molecule has 1 N–H and O–H groups in total. The molecule has 1 aliphatic rings. The zero-order valence-corrected chi connectivity index (χ0v) is 5.32. The maximum Gasteiger partial charge on any atom is 0.00670 e. The van der Waals surface area contributed by atoms with Gasteiger partial charge in [-0.25, -0.2) is 0 Å². The van der Waals surface area contributed by atoms with Crippen molar-refractivity contribution in [2.24, 2.45) is 0 Å². The predicted molar refractivity (Wildman–Crippen MR) is 35.6 cm³/mol. The van der Waals surface area contributed by atoms with E-state index in [9.17, 15) is 0 Å². The third kappa shape index (κ3) is 1.48. The molecular weight excluding hydrogens is 98.1 g/mol. The molecule has 0 atom stereocenters.